The predicted molar refractivity (Wildman–Crippen MR) is 432 cm³/mol. The maximum Gasteiger partial charge on any atom is 0.472 e. The Balaban J connectivity index is 5.21. The van der Waals surface area contributed by atoms with Crippen molar-refractivity contribution in [3.8, 4) is 0 Å². The molecule has 0 saturated carbocycles. The molecule has 0 bridgehead atoms. The second-order valence-electron chi connectivity index (χ2n) is 32.1. The molecule has 17 nitrogen and oxygen atoms in total. The maximum atomic E-state index is 13.1. The van der Waals surface area contributed by atoms with Crippen LogP contribution in [0.25, 0.3) is 0 Å². The topological polar surface area (TPSA) is 237 Å². The van der Waals surface area contributed by atoms with Gasteiger partial charge in [0, 0.05) is 25.7 Å². The third-order valence-electron chi connectivity index (χ3n) is 20.5. The van der Waals surface area contributed by atoms with E-state index in [0.29, 0.717) is 31.6 Å². The van der Waals surface area contributed by atoms with Crippen LogP contribution < -0.4 is 0 Å². The number of carbonyl (C=O) groups excluding carboxylic acids is 4. The minimum atomic E-state index is -4.97. The van der Waals surface area contributed by atoms with Crippen LogP contribution >= 0.6 is 15.6 Å². The molecule has 6 atom stereocenters. The van der Waals surface area contributed by atoms with E-state index in [4.69, 9.17) is 37.0 Å². The molecule has 0 aromatic carbocycles. The predicted octanol–water partition coefficient (Wildman–Crippen LogP) is 26.1. The fraction of sp³-hybridized carbons (Fsp3) is 0.953. The first-order valence-corrected chi connectivity index (χ1v) is 47.4. The lowest BCUT2D eigenvalue weighted by molar-refractivity contribution is -0.161. The quantitative estimate of drug-likeness (QED) is 0.0222. The van der Waals surface area contributed by atoms with Crippen LogP contribution in [0.4, 0.5) is 0 Å². The summed E-state index contributed by atoms with van der Waals surface area (Å²) in [6, 6.07) is 0. The molecular formula is C86H168O17P2. The van der Waals surface area contributed by atoms with Crippen LogP contribution in [0.2, 0.25) is 0 Å². The minimum absolute atomic E-state index is 0.106. The number of carbonyl (C=O) groups is 4. The minimum Gasteiger partial charge on any atom is -0.462 e. The van der Waals surface area contributed by atoms with E-state index >= 15 is 0 Å². The number of phosphoric ester groups is 2. The summed E-state index contributed by atoms with van der Waals surface area (Å²) in [6.45, 7) is 12.0. The van der Waals surface area contributed by atoms with Crippen LogP contribution in [0.15, 0.2) is 0 Å². The number of esters is 4. The van der Waals surface area contributed by atoms with Crippen LogP contribution in [0.1, 0.15) is 453 Å². The summed E-state index contributed by atoms with van der Waals surface area (Å²) in [6.07, 6.45) is 66.9. The highest BCUT2D eigenvalue weighted by atomic mass is 31.2. The van der Waals surface area contributed by atoms with Gasteiger partial charge in [0.15, 0.2) is 12.2 Å². The summed E-state index contributed by atoms with van der Waals surface area (Å²) < 4.78 is 68.8. The van der Waals surface area contributed by atoms with Gasteiger partial charge in [0.2, 0.25) is 0 Å². The second-order valence-corrected chi connectivity index (χ2v) is 35.0. The van der Waals surface area contributed by atoms with E-state index in [2.05, 4.69) is 48.5 Å². The van der Waals surface area contributed by atoms with Gasteiger partial charge in [0.1, 0.15) is 19.3 Å². The number of aliphatic hydroxyl groups excluding tert-OH is 1. The van der Waals surface area contributed by atoms with Crippen molar-refractivity contribution < 1.29 is 80.2 Å². The number of ether oxygens (including phenoxy) is 4. The fourth-order valence-corrected chi connectivity index (χ4v) is 14.9. The van der Waals surface area contributed by atoms with Crippen LogP contribution in [-0.2, 0) is 65.4 Å². The zero-order valence-corrected chi connectivity index (χ0v) is 71.0. The molecule has 0 amide bonds. The summed E-state index contributed by atoms with van der Waals surface area (Å²) in [4.78, 5) is 73.2. The van der Waals surface area contributed by atoms with E-state index in [1.165, 1.54) is 257 Å². The summed E-state index contributed by atoms with van der Waals surface area (Å²) in [5, 5.41) is 10.7. The zero-order chi connectivity index (χ0) is 77.2. The Morgan fingerprint density at radius 2 is 0.486 bits per heavy atom. The average Bonchev–Trinajstić information content (AvgIpc) is 0.908. The van der Waals surface area contributed by atoms with Gasteiger partial charge in [-0.05, 0) is 43.4 Å². The van der Waals surface area contributed by atoms with Crippen molar-refractivity contribution >= 4 is 39.5 Å². The number of aliphatic hydroxyl groups is 1. The first-order chi connectivity index (χ1) is 50.8. The molecule has 0 saturated heterocycles. The summed E-state index contributed by atoms with van der Waals surface area (Å²) in [5.41, 5.74) is 0. The number of hydrogen-bond acceptors (Lipinski definition) is 15. The molecule has 0 aromatic heterocycles. The van der Waals surface area contributed by atoms with Gasteiger partial charge in [-0.3, -0.25) is 37.3 Å². The molecule has 0 heterocycles. The lowest BCUT2D eigenvalue weighted by Gasteiger charge is -2.21. The molecule has 0 aliphatic heterocycles. The molecular weight excluding hydrogens is 1370 g/mol. The van der Waals surface area contributed by atoms with E-state index in [9.17, 15) is 43.2 Å². The number of rotatable bonds is 84. The lowest BCUT2D eigenvalue weighted by Crippen LogP contribution is -2.30. The molecule has 0 rings (SSSR count). The second kappa shape index (κ2) is 76.1. The van der Waals surface area contributed by atoms with Crippen LogP contribution in [-0.4, -0.2) is 96.7 Å². The molecule has 0 spiro atoms. The Morgan fingerprint density at radius 3 is 0.724 bits per heavy atom. The summed E-state index contributed by atoms with van der Waals surface area (Å²) in [5.74, 6) is 0.208. The Hall–Kier alpha value is -1.94. The highest BCUT2D eigenvalue weighted by Crippen LogP contribution is 2.45. The van der Waals surface area contributed by atoms with Gasteiger partial charge in [-0.1, -0.05) is 402 Å². The van der Waals surface area contributed by atoms with E-state index in [1.54, 1.807) is 0 Å². The molecule has 19 heteroatoms. The van der Waals surface area contributed by atoms with E-state index in [-0.39, 0.29) is 25.7 Å². The van der Waals surface area contributed by atoms with Crippen LogP contribution in [0.3, 0.4) is 0 Å². The van der Waals surface area contributed by atoms with E-state index in [0.717, 1.165) is 108 Å². The number of unbranched alkanes of at least 4 members (excludes halogenated alkanes) is 51. The van der Waals surface area contributed by atoms with Gasteiger partial charge < -0.3 is 33.8 Å². The molecule has 105 heavy (non-hydrogen) atoms. The van der Waals surface area contributed by atoms with Gasteiger partial charge in [0.05, 0.1) is 26.4 Å². The molecule has 0 aliphatic rings. The van der Waals surface area contributed by atoms with Gasteiger partial charge in [-0.2, -0.15) is 0 Å². The highest BCUT2D eigenvalue weighted by molar-refractivity contribution is 7.47. The SMILES string of the molecule is CCCCCCCCCCCCCCCCCCCCCCCCC(=O)O[C@H](COC(=O)CCCCCCCCCCCCCCCCC(C)CC)COP(=O)(O)OC[C@@H](O)COP(=O)(O)OC[C@@H](COC(=O)CCCCCCCCC(C)C)OC(=O)CCCCCCCCCCCCCCCC(C)C. The molecule has 3 N–H and O–H groups in total. The standard InChI is InChI=1S/C86H168O17P2/c1-8-10-11-12-13-14-15-16-17-18-19-20-21-22-23-24-31-36-41-46-55-62-69-85(90)102-81(73-96-83(88)67-60-53-45-40-35-30-26-25-29-34-39-44-52-59-66-79(7)9-2)75-100-104(92,93)98-71-80(87)72-99-105(94,95)101-76-82(74-97-84(89)68-61-54-49-48-51-58-65-78(5)6)103-86(91)70-63-56-47-42-37-32-27-28-33-38-43-50-57-64-77(3)4/h77-82,87H,8-76H2,1-7H3,(H,92,93)(H,94,95)/t79?,80-,81-,82-/m1/s1. The lowest BCUT2D eigenvalue weighted by atomic mass is 9.99. The Labute approximate surface area is 645 Å². The van der Waals surface area contributed by atoms with E-state index in [1.807, 2.05) is 0 Å². The highest BCUT2D eigenvalue weighted by Gasteiger charge is 2.30. The summed E-state index contributed by atoms with van der Waals surface area (Å²) in [7, 11) is -9.93. The Kier molecular flexibility index (Phi) is 74.7. The van der Waals surface area contributed by atoms with Crippen molar-refractivity contribution in [1.82, 2.24) is 0 Å². The van der Waals surface area contributed by atoms with Gasteiger partial charge in [-0.25, -0.2) is 9.13 Å². The van der Waals surface area contributed by atoms with Crippen molar-refractivity contribution in [2.24, 2.45) is 17.8 Å². The van der Waals surface area contributed by atoms with Crippen molar-refractivity contribution in [3.63, 3.8) is 0 Å². The average molecular weight is 1540 g/mol. The van der Waals surface area contributed by atoms with Gasteiger partial charge >= 0.3 is 39.5 Å². The zero-order valence-electron chi connectivity index (χ0n) is 69.2. The fourth-order valence-electron chi connectivity index (χ4n) is 13.3. The third-order valence-corrected chi connectivity index (χ3v) is 22.4. The Morgan fingerprint density at radius 1 is 0.276 bits per heavy atom. The van der Waals surface area contributed by atoms with E-state index < -0.39 is 97.5 Å². The maximum absolute atomic E-state index is 13.1. The molecule has 0 radical (unpaired) electrons. The third kappa shape index (κ3) is 78.5. The number of hydrogen-bond donors (Lipinski definition) is 3. The molecule has 0 aliphatic carbocycles. The first-order valence-electron chi connectivity index (χ1n) is 44.4. The van der Waals surface area contributed by atoms with Crippen molar-refractivity contribution in [2.45, 2.75) is 471 Å². The number of phosphoric acid groups is 2. The van der Waals surface area contributed by atoms with Crippen molar-refractivity contribution in [3.05, 3.63) is 0 Å². The molecule has 3 unspecified atom stereocenters. The first kappa shape index (κ1) is 103. The largest absolute Gasteiger partial charge is 0.472 e. The Bertz CT molecular complexity index is 2030. The van der Waals surface area contributed by atoms with Crippen LogP contribution in [0.5, 0.6) is 0 Å². The van der Waals surface area contributed by atoms with Gasteiger partial charge in [-0.15, -0.1) is 0 Å². The monoisotopic (exact) mass is 1540 g/mol. The normalized spacial score (nSPS) is 14.1. The van der Waals surface area contributed by atoms with Crippen molar-refractivity contribution in [2.75, 3.05) is 39.6 Å². The summed E-state index contributed by atoms with van der Waals surface area (Å²) >= 11 is 0. The van der Waals surface area contributed by atoms with Crippen LogP contribution in [0, 0.1) is 17.8 Å². The smallest absolute Gasteiger partial charge is 0.462 e. The molecule has 624 valence electrons. The van der Waals surface area contributed by atoms with Crippen molar-refractivity contribution in [1.29, 1.82) is 0 Å². The van der Waals surface area contributed by atoms with Gasteiger partial charge in [0.25, 0.3) is 0 Å². The molecule has 0 fully saturated rings. The molecule has 0 aromatic rings.